The molecule has 1 aromatic carbocycles. The molecule has 0 N–H and O–H groups in total. The van der Waals surface area contributed by atoms with Crippen LogP contribution in [0.25, 0.3) is 17.1 Å². The number of aromatic nitrogens is 2. The lowest BCUT2D eigenvalue weighted by Crippen LogP contribution is -2.37. The summed E-state index contributed by atoms with van der Waals surface area (Å²) in [5, 5.41) is 4.83. The molecule has 0 aliphatic rings. The summed E-state index contributed by atoms with van der Waals surface area (Å²) in [6, 6.07) is 11.8. The Morgan fingerprint density at radius 2 is 2.14 bits per heavy atom. The number of rotatable bonds is 8. The van der Waals surface area contributed by atoms with Gasteiger partial charge in [-0.05, 0) is 30.3 Å². The highest BCUT2D eigenvalue weighted by molar-refractivity contribution is 6.30. The molecule has 0 saturated carbocycles. The van der Waals surface area contributed by atoms with Crippen LogP contribution in [0.1, 0.15) is 10.5 Å². The van der Waals surface area contributed by atoms with E-state index in [1.54, 1.807) is 36.4 Å². The molecule has 0 fully saturated rings. The first-order valence-corrected chi connectivity index (χ1v) is 8.83. The molecule has 148 valence electrons. The third kappa shape index (κ3) is 4.58. The molecule has 0 unspecified atom stereocenters. The zero-order chi connectivity index (χ0) is 20.1. The highest BCUT2D eigenvalue weighted by atomic mass is 35.5. The number of hydrogen-bond donors (Lipinski definition) is 0. The molecule has 0 aliphatic carbocycles. The van der Waals surface area contributed by atoms with E-state index in [2.05, 4.69) is 5.10 Å². The summed E-state index contributed by atoms with van der Waals surface area (Å²) in [7, 11) is 1.44. The topological polar surface area (TPSA) is 60.5 Å². The first kappa shape index (κ1) is 20.0. The Bertz CT molecular complexity index is 928. The number of halogens is 3. The number of carbonyl (C=O) groups is 1. The molecule has 28 heavy (non-hydrogen) atoms. The Morgan fingerprint density at radius 1 is 1.32 bits per heavy atom. The average molecular weight is 410 g/mol. The van der Waals surface area contributed by atoms with Gasteiger partial charge in [0, 0.05) is 24.7 Å². The molecule has 0 aliphatic heterocycles. The van der Waals surface area contributed by atoms with Gasteiger partial charge in [0.25, 0.3) is 12.3 Å². The van der Waals surface area contributed by atoms with E-state index in [1.165, 1.54) is 24.1 Å². The minimum Gasteiger partial charge on any atom is -0.463 e. The summed E-state index contributed by atoms with van der Waals surface area (Å²) in [6.45, 7) is -0.541. The van der Waals surface area contributed by atoms with Gasteiger partial charge in [0.2, 0.25) is 0 Å². The fourth-order valence-corrected chi connectivity index (χ4v) is 2.88. The smallest absolute Gasteiger partial charge is 0.274 e. The van der Waals surface area contributed by atoms with Gasteiger partial charge in [0.15, 0.2) is 11.5 Å². The second kappa shape index (κ2) is 8.99. The molecular weight excluding hydrogens is 392 g/mol. The summed E-state index contributed by atoms with van der Waals surface area (Å²) in [5.41, 5.74) is 1.12. The fraction of sp³-hybridized carbons (Fsp3) is 0.263. The standard InChI is InChI=1S/C19H18ClF2N3O3/c1-27-9-7-24(12-18(21)22)19(26)15-11-16(17-6-3-8-28-17)25(23-15)14-5-2-4-13(20)10-14/h2-6,8,10-11,18H,7,9,12H2,1H3. The number of nitrogens with zero attached hydrogens (tertiary/aromatic N) is 3. The van der Waals surface area contributed by atoms with Gasteiger partial charge < -0.3 is 14.1 Å². The Labute approximate surface area is 165 Å². The molecular formula is C19H18ClF2N3O3. The van der Waals surface area contributed by atoms with Crippen LogP contribution in [0.5, 0.6) is 0 Å². The van der Waals surface area contributed by atoms with E-state index in [0.29, 0.717) is 22.2 Å². The monoisotopic (exact) mass is 409 g/mol. The van der Waals surface area contributed by atoms with Gasteiger partial charge in [-0.15, -0.1) is 0 Å². The van der Waals surface area contributed by atoms with Gasteiger partial charge in [0.05, 0.1) is 25.1 Å². The summed E-state index contributed by atoms with van der Waals surface area (Å²) in [4.78, 5) is 13.8. The number of alkyl halides is 2. The van der Waals surface area contributed by atoms with Gasteiger partial charge in [-0.3, -0.25) is 4.79 Å². The van der Waals surface area contributed by atoms with E-state index in [-0.39, 0.29) is 18.8 Å². The lowest BCUT2D eigenvalue weighted by Gasteiger charge is -2.20. The van der Waals surface area contributed by atoms with E-state index in [1.807, 2.05) is 0 Å². The maximum absolute atomic E-state index is 12.9. The van der Waals surface area contributed by atoms with Crippen LogP contribution >= 0.6 is 11.6 Å². The van der Waals surface area contributed by atoms with Crippen molar-refractivity contribution in [3.63, 3.8) is 0 Å². The van der Waals surface area contributed by atoms with Crippen molar-refractivity contribution in [3.8, 4) is 17.1 Å². The molecule has 0 bridgehead atoms. The third-order valence-electron chi connectivity index (χ3n) is 3.97. The zero-order valence-corrected chi connectivity index (χ0v) is 15.8. The molecule has 0 spiro atoms. The number of methoxy groups -OCH3 is 1. The van der Waals surface area contributed by atoms with Crippen molar-refractivity contribution in [1.82, 2.24) is 14.7 Å². The normalized spacial score (nSPS) is 11.2. The molecule has 2 aromatic heterocycles. The summed E-state index contributed by atoms with van der Waals surface area (Å²) in [5.74, 6) is -0.144. The van der Waals surface area contributed by atoms with E-state index < -0.39 is 18.9 Å². The van der Waals surface area contributed by atoms with Crippen molar-refractivity contribution in [2.75, 3.05) is 26.8 Å². The zero-order valence-electron chi connectivity index (χ0n) is 15.0. The van der Waals surface area contributed by atoms with Gasteiger partial charge in [-0.25, -0.2) is 13.5 Å². The third-order valence-corrected chi connectivity index (χ3v) is 4.20. The lowest BCUT2D eigenvalue weighted by molar-refractivity contribution is 0.0473. The summed E-state index contributed by atoms with van der Waals surface area (Å²) >= 11 is 6.07. The van der Waals surface area contributed by atoms with Crippen LogP contribution in [0.3, 0.4) is 0 Å². The van der Waals surface area contributed by atoms with Gasteiger partial charge >= 0.3 is 0 Å². The molecule has 0 radical (unpaired) electrons. The van der Waals surface area contributed by atoms with Gasteiger partial charge in [0.1, 0.15) is 5.69 Å². The molecule has 2 heterocycles. The number of benzene rings is 1. The molecule has 0 atom stereocenters. The van der Waals surface area contributed by atoms with Gasteiger partial charge in [-0.2, -0.15) is 5.10 Å². The number of carbonyl (C=O) groups excluding carboxylic acids is 1. The SMILES string of the molecule is COCCN(CC(F)F)C(=O)c1cc(-c2ccco2)n(-c2cccc(Cl)c2)n1. The van der Waals surface area contributed by atoms with E-state index >= 15 is 0 Å². The molecule has 9 heteroatoms. The minimum absolute atomic E-state index is 0.0168. The molecule has 6 nitrogen and oxygen atoms in total. The summed E-state index contributed by atoms with van der Waals surface area (Å²) in [6.07, 6.45) is -1.17. The van der Waals surface area contributed by atoms with Crippen molar-refractivity contribution in [2.45, 2.75) is 6.43 Å². The largest absolute Gasteiger partial charge is 0.463 e. The molecule has 0 saturated heterocycles. The van der Waals surface area contributed by atoms with Crippen LogP contribution in [0.2, 0.25) is 5.02 Å². The number of hydrogen-bond acceptors (Lipinski definition) is 4. The minimum atomic E-state index is -2.67. The fourth-order valence-electron chi connectivity index (χ4n) is 2.70. The summed E-state index contributed by atoms with van der Waals surface area (Å²) < 4.78 is 37.7. The molecule has 3 aromatic rings. The maximum atomic E-state index is 12.9. The predicted molar refractivity (Wildman–Crippen MR) is 100 cm³/mol. The first-order valence-electron chi connectivity index (χ1n) is 8.46. The van der Waals surface area contributed by atoms with Crippen LogP contribution in [0.4, 0.5) is 8.78 Å². The van der Waals surface area contributed by atoms with Crippen molar-refractivity contribution < 1.29 is 22.7 Å². The van der Waals surface area contributed by atoms with Crippen LogP contribution in [0, 0.1) is 0 Å². The van der Waals surface area contributed by atoms with Gasteiger partial charge in [-0.1, -0.05) is 17.7 Å². The Morgan fingerprint density at radius 3 is 2.79 bits per heavy atom. The Kier molecular flexibility index (Phi) is 6.43. The van der Waals surface area contributed by atoms with Crippen molar-refractivity contribution in [1.29, 1.82) is 0 Å². The quantitative estimate of drug-likeness (QED) is 0.561. The number of amides is 1. The predicted octanol–water partition coefficient (Wildman–Crippen LogP) is 4.14. The second-order valence-corrected chi connectivity index (χ2v) is 6.36. The Balaban J connectivity index is 2.02. The van der Waals surface area contributed by atoms with Crippen molar-refractivity contribution in [3.05, 3.63) is 59.4 Å². The van der Waals surface area contributed by atoms with Crippen molar-refractivity contribution >= 4 is 17.5 Å². The number of furan rings is 1. The van der Waals surface area contributed by atoms with Crippen LogP contribution < -0.4 is 0 Å². The van der Waals surface area contributed by atoms with Crippen LogP contribution in [-0.2, 0) is 4.74 Å². The average Bonchev–Trinajstić information content (AvgIpc) is 3.33. The maximum Gasteiger partial charge on any atom is 0.274 e. The number of ether oxygens (including phenoxy) is 1. The van der Waals surface area contributed by atoms with Crippen molar-refractivity contribution in [2.24, 2.45) is 0 Å². The Hall–Kier alpha value is -2.71. The lowest BCUT2D eigenvalue weighted by atomic mass is 10.2. The molecule has 1 amide bonds. The highest BCUT2D eigenvalue weighted by Crippen LogP contribution is 2.26. The molecule has 3 rings (SSSR count). The first-order chi connectivity index (χ1) is 13.5. The van der Waals surface area contributed by atoms with Crippen LogP contribution in [0.15, 0.2) is 53.1 Å². The van der Waals surface area contributed by atoms with E-state index in [0.717, 1.165) is 4.90 Å². The second-order valence-electron chi connectivity index (χ2n) is 5.92. The van der Waals surface area contributed by atoms with Crippen LogP contribution in [-0.4, -0.2) is 53.8 Å². The van der Waals surface area contributed by atoms with E-state index in [9.17, 15) is 13.6 Å². The van der Waals surface area contributed by atoms with E-state index in [4.69, 9.17) is 20.8 Å². The highest BCUT2D eigenvalue weighted by Gasteiger charge is 2.24.